The number of hydrogen-bond acceptors (Lipinski definition) is 5. The average molecular weight is 328 g/mol. The molecule has 0 aliphatic carbocycles. The molecule has 3 heterocycles. The van der Waals surface area contributed by atoms with Crippen molar-refractivity contribution in [3.63, 3.8) is 0 Å². The molecule has 0 radical (unpaired) electrons. The molecule has 2 aromatic carbocycles. The first-order valence-electron chi connectivity index (χ1n) is 7.76. The summed E-state index contributed by atoms with van der Waals surface area (Å²) in [6.07, 6.45) is 3.67. The number of H-pyrrole nitrogens is 1. The van der Waals surface area contributed by atoms with Crippen LogP contribution in [0.5, 0.6) is 0 Å². The summed E-state index contributed by atoms with van der Waals surface area (Å²) in [5, 5.41) is 13.4. The zero-order valence-corrected chi connectivity index (χ0v) is 13.0. The van der Waals surface area contributed by atoms with Gasteiger partial charge in [0.05, 0.1) is 11.9 Å². The zero-order valence-electron chi connectivity index (χ0n) is 13.0. The SMILES string of the molecule is c1ccc(-n2cc(-c3noc(-c4ccc5cc[nH]c5c4)n3)nn2)cc1. The maximum absolute atomic E-state index is 5.39. The van der Waals surface area contributed by atoms with Crippen molar-refractivity contribution >= 4 is 10.9 Å². The number of benzene rings is 2. The molecule has 7 nitrogen and oxygen atoms in total. The number of rotatable bonds is 3. The second-order valence-electron chi connectivity index (χ2n) is 5.59. The molecule has 5 aromatic rings. The zero-order chi connectivity index (χ0) is 16.6. The highest BCUT2D eigenvalue weighted by Gasteiger charge is 2.14. The third kappa shape index (κ3) is 2.38. The van der Waals surface area contributed by atoms with E-state index in [1.807, 2.05) is 60.8 Å². The van der Waals surface area contributed by atoms with Gasteiger partial charge in [-0.2, -0.15) is 4.98 Å². The van der Waals surface area contributed by atoms with Crippen LogP contribution in [-0.4, -0.2) is 30.1 Å². The highest BCUT2D eigenvalue weighted by atomic mass is 16.5. The summed E-state index contributed by atoms with van der Waals surface area (Å²) < 4.78 is 7.07. The van der Waals surface area contributed by atoms with Gasteiger partial charge in [-0.25, -0.2) is 4.68 Å². The van der Waals surface area contributed by atoms with Gasteiger partial charge >= 0.3 is 0 Å². The second kappa shape index (κ2) is 5.41. The Balaban J connectivity index is 1.49. The van der Waals surface area contributed by atoms with Gasteiger partial charge in [-0.05, 0) is 35.7 Å². The van der Waals surface area contributed by atoms with Crippen LogP contribution in [0, 0.1) is 0 Å². The monoisotopic (exact) mass is 328 g/mol. The number of aromatic nitrogens is 6. The summed E-state index contributed by atoms with van der Waals surface area (Å²) in [5.74, 6) is 0.851. The van der Waals surface area contributed by atoms with Gasteiger partial charge in [-0.1, -0.05) is 34.6 Å². The van der Waals surface area contributed by atoms with E-state index in [0.29, 0.717) is 17.4 Å². The molecule has 3 aromatic heterocycles. The molecule has 0 atom stereocenters. The van der Waals surface area contributed by atoms with Crippen LogP contribution in [0.1, 0.15) is 0 Å². The molecule has 0 fully saturated rings. The van der Waals surface area contributed by atoms with Crippen molar-refractivity contribution in [2.24, 2.45) is 0 Å². The summed E-state index contributed by atoms with van der Waals surface area (Å²) >= 11 is 0. The topological polar surface area (TPSA) is 85.4 Å². The largest absolute Gasteiger partial charge is 0.361 e. The standard InChI is InChI=1S/C18H12N6O/c1-2-4-14(5-3-1)24-11-16(21-23-24)17-20-18(25-22-17)13-7-6-12-8-9-19-15(12)10-13/h1-11,19H. The summed E-state index contributed by atoms with van der Waals surface area (Å²) in [6, 6.07) is 17.7. The predicted molar refractivity (Wildman–Crippen MR) is 91.9 cm³/mol. The minimum Gasteiger partial charge on any atom is -0.361 e. The third-order valence-electron chi connectivity index (χ3n) is 3.97. The van der Waals surface area contributed by atoms with Crippen molar-refractivity contribution in [3.8, 4) is 28.7 Å². The smallest absolute Gasteiger partial charge is 0.258 e. The van der Waals surface area contributed by atoms with Crippen LogP contribution in [0.2, 0.25) is 0 Å². The number of hydrogen-bond donors (Lipinski definition) is 1. The van der Waals surface area contributed by atoms with Crippen molar-refractivity contribution in [1.82, 2.24) is 30.1 Å². The minimum absolute atomic E-state index is 0.406. The van der Waals surface area contributed by atoms with Gasteiger partial charge in [0, 0.05) is 17.3 Å². The first kappa shape index (κ1) is 13.7. The predicted octanol–water partition coefficient (Wildman–Crippen LogP) is 3.47. The summed E-state index contributed by atoms with van der Waals surface area (Å²) in [5.41, 5.74) is 3.35. The van der Waals surface area contributed by atoms with E-state index in [0.717, 1.165) is 22.2 Å². The Labute approximate surface area is 141 Å². The Morgan fingerprint density at radius 3 is 2.84 bits per heavy atom. The van der Waals surface area contributed by atoms with E-state index in [4.69, 9.17) is 4.52 Å². The number of para-hydroxylation sites is 1. The molecular formula is C18H12N6O. The molecule has 0 saturated heterocycles. The van der Waals surface area contributed by atoms with Crippen molar-refractivity contribution in [3.05, 3.63) is 67.0 Å². The lowest BCUT2D eigenvalue weighted by Crippen LogP contribution is -1.93. The summed E-state index contributed by atoms with van der Waals surface area (Å²) in [4.78, 5) is 7.62. The molecule has 7 heteroatoms. The van der Waals surface area contributed by atoms with Gasteiger partial charge in [-0.15, -0.1) is 5.10 Å². The number of aromatic amines is 1. The highest BCUT2D eigenvalue weighted by molar-refractivity contribution is 5.83. The van der Waals surface area contributed by atoms with Crippen LogP contribution in [0.25, 0.3) is 39.6 Å². The molecule has 25 heavy (non-hydrogen) atoms. The van der Waals surface area contributed by atoms with Crippen LogP contribution < -0.4 is 0 Å². The normalized spacial score (nSPS) is 11.2. The van der Waals surface area contributed by atoms with Crippen LogP contribution in [-0.2, 0) is 0 Å². The lowest BCUT2D eigenvalue weighted by atomic mass is 10.1. The van der Waals surface area contributed by atoms with Crippen molar-refractivity contribution in [1.29, 1.82) is 0 Å². The van der Waals surface area contributed by atoms with E-state index in [1.54, 1.807) is 10.9 Å². The molecule has 0 saturated carbocycles. The van der Waals surface area contributed by atoms with Crippen LogP contribution in [0.4, 0.5) is 0 Å². The van der Waals surface area contributed by atoms with Crippen molar-refractivity contribution < 1.29 is 4.52 Å². The fourth-order valence-electron chi connectivity index (χ4n) is 2.70. The summed E-state index contributed by atoms with van der Waals surface area (Å²) in [6.45, 7) is 0. The number of nitrogens with one attached hydrogen (secondary N) is 1. The fourth-order valence-corrected chi connectivity index (χ4v) is 2.70. The lowest BCUT2D eigenvalue weighted by molar-refractivity contribution is 0.432. The Hall–Kier alpha value is -3.74. The molecule has 0 aliphatic heterocycles. The fraction of sp³-hybridized carbons (Fsp3) is 0. The van der Waals surface area contributed by atoms with E-state index < -0.39 is 0 Å². The maximum atomic E-state index is 5.39. The van der Waals surface area contributed by atoms with E-state index in [1.165, 1.54) is 0 Å². The van der Waals surface area contributed by atoms with E-state index in [9.17, 15) is 0 Å². The lowest BCUT2D eigenvalue weighted by Gasteiger charge is -1.96. The molecule has 5 rings (SSSR count). The third-order valence-corrected chi connectivity index (χ3v) is 3.97. The molecule has 0 spiro atoms. The Kier molecular flexibility index (Phi) is 2.96. The second-order valence-corrected chi connectivity index (χ2v) is 5.59. The molecule has 0 aliphatic rings. The molecular weight excluding hydrogens is 316 g/mol. The van der Waals surface area contributed by atoms with Crippen LogP contribution >= 0.6 is 0 Å². The van der Waals surface area contributed by atoms with Gasteiger partial charge in [0.1, 0.15) is 0 Å². The number of nitrogens with zero attached hydrogens (tertiary/aromatic N) is 5. The van der Waals surface area contributed by atoms with E-state index in [2.05, 4.69) is 25.4 Å². The Bertz CT molecular complexity index is 1150. The molecule has 120 valence electrons. The summed E-state index contributed by atoms with van der Waals surface area (Å²) in [7, 11) is 0. The number of fused-ring (bicyclic) bond motifs is 1. The van der Waals surface area contributed by atoms with Gasteiger partial charge < -0.3 is 9.51 Å². The van der Waals surface area contributed by atoms with Crippen molar-refractivity contribution in [2.45, 2.75) is 0 Å². The maximum Gasteiger partial charge on any atom is 0.258 e. The van der Waals surface area contributed by atoms with Crippen LogP contribution in [0.3, 0.4) is 0 Å². The molecule has 1 N–H and O–H groups in total. The van der Waals surface area contributed by atoms with Crippen LogP contribution in [0.15, 0.2) is 71.5 Å². The van der Waals surface area contributed by atoms with E-state index >= 15 is 0 Å². The molecule has 0 unspecified atom stereocenters. The van der Waals surface area contributed by atoms with Gasteiger partial charge in [0.15, 0.2) is 5.69 Å². The van der Waals surface area contributed by atoms with Crippen molar-refractivity contribution in [2.75, 3.05) is 0 Å². The first-order valence-corrected chi connectivity index (χ1v) is 7.76. The quantitative estimate of drug-likeness (QED) is 0.548. The average Bonchev–Trinajstić information content (AvgIpc) is 3.40. The Morgan fingerprint density at radius 1 is 1.00 bits per heavy atom. The first-order chi connectivity index (χ1) is 12.4. The minimum atomic E-state index is 0.406. The van der Waals surface area contributed by atoms with Gasteiger partial charge in [0.25, 0.3) is 5.89 Å². The van der Waals surface area contributed by atoms with E-state index in [-0.39, 0.29) is 0 Å². The highest BCUT2D eigenvalue weighted by Crippen LogP contribution is 2.24. The van der Waals surface area contributed by atoms with Gasteiger partial charge in [-0.3, -0.25) is 0 Å². The molecule has 0 amide bonds. The van der Waals surface area contributed by atoms with Gasteiger partial charge in [0.2, 0.25) is 5.82 Å². The molecule has 0 bridgehead atoms. The Morgan fingerprint density at radius 2 is 1.92 bits per heavy atom.